The maximum Gasteiger partial charge on any atom is 0.309 e. The number of rotatable bonds is 5. The summed E-state index contributed by atoms with van der Waals surface area (Å²) < 4.78 is 4.76. The van der Waals surface area contributed by atoms with E-state index in [1.165, 1.54) is 17.6 Å². The fraction of sp³-hybridized carbons (Fsp3) is 0.533. The first-order valence-corrected chi connectivity index (χ1v) is 7.49. The predicted molar refractivity (Wildman–Crippen MR) is 78.5 cm³/mol. The second-order valence-electron chi connectivity index (χ2n) is 5.20. The lowest BCUT2D eigenvalue weighted by Crippen LogP contribution is -2.33. The fourth-order valence-corrected chi connectivity index (χ4v) is 3.93. The molecule has 1 aliphatic heterocycles. The van der Waals surface area contributed by atoms with Crippen molar-refractivity contribution in [1.82, 2.24) is 4.90 Å². The molecule has 19 heavy (non-hydrogen) atoms. The number of fused-ring (bicyclic) bond motifs is 1. The average Bonchev–Trinajstić information content (AvgIpc) is 2.79. The van der Waals surface area contributed by atoms with Crippen LogP contribution in [0.25, 0.3) is 0 Å². The number of hydrogen-bond acceptors (Lipinski definition) is 4. The minimum atomic E-state index is -0.130. The van der Waals surface area contributed by atoms with Crippen LogP contribution < -0.4 is 0 Å². The van der Waals surface area contributed by atoms with E-state index in [9.17, 15) is 4.79 Å². The standard InChI is InChI=1S/C15H21NO2S/c1-11(15(17)18-3)9-16(2)10-13-8-12-6-4-5-7-14(12)19-13/h4-7,11,13H,8-10H2,1-3H3. The maximum atomic E-state index is 11.4. The van der Waals surface area contributed by atoms with Gasteiger partial charge in [-0.3, -0.25) is 4.79 Å². The number of carbonyl (C=O) groups excluding carboxylic acids is 1. The van der Waals surface area contributed by atoms with Gasteiger partial charge in [-0.15, -0.1) is 11.8 Å². The number of nitrogens with zero attached hydrogens (tertiary/aromatic N) is 1. The molecule has 1 heterocycles. The normalized spacial score (nSPS) is 19.3. The highest BCUT2D eigenvalue weighted by atomic mass is 32.2. The summed E-state index contributed by atoms with van der Waals surface area (Å²) in [5.41, 5.74) is 1.45. The molecule has 2 unspecified atom stereocenters. The Morgan fingerprint density at radius 3 is 2.95 bits per heavy atom. The molecule has 3 nitrogen and oxygen atoms in total. The van der Waals surface area contributed by atoms with Crippen molar-refractivity contribution >= 4 is 17.7 Å². The number of esters is 1. The van der Waals surface area contributed by atoms with Gasteiger partial charge in [0.25, 0.3) is 0 Å². The molecule has 1 aromatic carbocycles. The minimum Gasteiger partial charge on any atom is -0.469 e. The quantitative estimate of drug-likeness (QED) is 0.774. The van der Waals surface area contributed by atoms with Crippen LogP contribution in [-0.4, -0.2) is 43.4 Å². The van der Waals surface area contributed by atoms with Crippen molar-refractivity contribution in [3.63, 3.8) is 0 Å². The molecular formula is C15H21NO2S. The third-order valence-electron chi connectivity index (χ3n) is 3.42. The summed E-state index contributed by atoms with van der Waals surface area (Å²) >= 11 is 1.95. The van der Waals surface area contributed by atoms with E-state index >= 15 is 0 Å². The summed E-state index contributed by atoms with van der Waals surface area (Å²) in [4.78, 5) is 15.0. The monoisotopic (exact) mass is 279 g/mol. The third-order valence-corrected chi connectivity index (χ3v) is 4.72. The highest BCUT2D eigenvalue weighted by Gasteiger charge is 2.24. The Hall–Kier alpha value is -1.00. The lowest BCUT2D eigenvalue weighted by molar-refractivity contribution is -0.145. The van der Waals surface area contributed by atoms with E-state index in [-0.39, 0.29) is 11.9 Å². The van der Waals surface area contributed by atoms with Crippen LogP contribution in [0, 0.1) is 5.92 Å². The first kappa shape index (κ1) is 14.4. The summed E-state index contributed by atoms with van der Waals surface area (Å²) in [5, 5.41) is 0.590. The molecule has 2 rings (SSSR count). The molecule has 0 N–H and O–H groups in total. The van der Waals surface area contributed by atoms with Crippen molar-refractivity contribution < 1.29 is 9.53 Å². The van der Waals surface area contributed by atoms with Crippen molar-refractivity contribution in [2.24, 2.45) is 5.92 Å². The Labute approximate surface area is 119 Å². The van der Waals surface area contributed by atoms with Crippen molar-refractivity contribution in [3.8, 4) is 0 Å². The molecule has 4 heteroatoms. The third kappa shape index (κ3) is 3.74. The topological polar surface area (TPSA) is 29.5 Å². The molecule has 0 aromatic heterocycles. The highest BCUT2D eigenvalue weighted by molar-refractivity contribution is 8.00. The minimum absolute atomic E-state index is 0.0659. The molecule has 0 saturated carbocycles. The van der Waals surface area contributed by atoms with E-state index < -0.39 is 0 Å². The highest BCUT2D eigenvalue weighted by Crippen LogP contribution is 2.36. The van der Waals surface area contributed by atoms with Crippen LogP contribution in [0.15, 0.2) is 29.2 Å². The van der Waals surface area contributed by atoms with Gasteiger partial charge in [0, 0.05) is 23.2 Å². The van der Waals surface area contributed by atoms with Crippen molar-refractivity contribution in [2.75, 3.05) is 27.2 Å². The molecule has 0 amide bonds. The molecular weight excluding hydrogens is 258 g/mol. The smallest absolute Gasteiger partial charge is 0.309 e. The van der Waals surface area contributed by atoms with E-state index in [1.54, 1.807) is 0 Å². The lowest BCUT2D eigenvalue weighted by atomic mass is 10.1. The van der Waals surface area contributed by atoms with Crippen LogP contribution in [0.4, 0.5) is 0 Å². The second kappa shape index (κ2) is 6.44. The number of thioether (sulfide) groups is 1. The molecule has 0 aliphatic carbocycles. The van der Waals surface area contributed by atoms with Crippen molar-refractivity contribution in [3.05, 3.63) is 29.8 Å². The molecule has 0 radical (unpaired) electrons. The van der Waals surface area contributed by atoms with E-state index in [0.717, 1.165) is 19.5 Å². The van der Waals surface area contributed by atoms with E-state index in [1.807, 2.05) is 18.7 Å². The van der Waals surface area contributed by atoms with Crippen LogP contribution in [-0.2, 0) is 16.0 Å². The van der Waals surface area contributed by atoms with Gasteiger partial charge >= 0.3 is 5.97 Å². The molecule has 0 spiro atoms. The van der Waals surface area contributed by atoms with Crippen LogP contribution in [0.5, 0.6) is 0 Å². The Bertz CT molecular complexity index is 425. The largest absolute Gasteiger partial charge is 0.469 e. The first-order valence-electron chi connectivity index (χ1n) is 6.61. The lowest BCUT2D eigenvalue weighted by Gasteiger charge is -2.22. The summed E-state index contributed by atoms with van der Waals surface area (Å²) in [6, 6.07) is 8.60. The SMILES string of the molecule is COC(=O)C(C)CN(C)CC1Cc2ccccc2S1. The summed E-state index contributed by atoms with van der Waals surface area (Å²) in [5.74, 6) is -0.196. The molecule has 0 saturated heterocycles. The first-order chi connectivity index (χ1) is 9.10. The van der Waals surface area contributed by atoms with Gasteiger partial charge in [-0.1, -0.05) is 25.1 Å². The fourth-order valence-electron chi connectivity index (χ4n) is 2.52. The molecule has 0 bridgehead atoms. The molecule has 2 atom stereocenters. The van der Waals surface area contributed by atoms with E-state index in [0.29, 0.717) is 5.25 Å². The van der Waals surface area contributed by atoms with E-state index in [4.69, 9.17) is 4.74 Å². The Morgan fingerprint density at radius 1 is 1.53 bits per heavy atom. The summed E-state index contributed by atoms with van der Waals surface area (Å²) in [6.07, 6.45) is 1.12. The molecule has 104 valence electrons. The van der Waals surface area contributed by atoms with Gasteiger partial charge < -0.3 is 9.64 Å². The zero-order chi connectivity index (χ0) is 13.8. The zero-order valence-corrected chi connectivity index (χ0v) is 12.6. The molecule has 1 aromatic rings. The second-order valence-corrected chi connectivity index (χ2v) is 6.54. The number of benzene rings is 1. The maximum absolute atomic E-state index is 11.4. The van der Waals surface area contributed by atoms with Gasteiger partial charge in [0.05, 0.1) is 13.0 Å². The predicted octanol–water partition coefficient (Wildman–Crippen LogP) is 2.44. The Balaban J connectivity index is 1.82. The van der Waals surface area contributed by atoms with E-state index in [2.05, 4.69) is 36.2 Å². The van der Waals surface area contributed by atoms with Gasteiger partial charge in [0.2, 0.25) is 0 Å². The molecule has 0 fully saturated rings. The Kier molecular flexibility index (Phi) is 4.88. The van der Waals surface area contributed by atoms with Gasteiger partial charge in [0.15, 0.2) is 0 Å². The Morgan fingerprint density at radius 2 is 2.26 bits per heavy atom. The average molecular weight is 279 g/mol. The number of methoxy groups -OCH3 is 1. The zero-order valence-electron chi connectivity index (χ0n) is 11.8. The molecule has 1 aliphatic rings. The van der Waals surface area contributed by atoms with Crippen LogP contribution in [0.2, 0.25) is 0 Å². The number of ether oxygens (including phenoxy) is 1. The van der Waals surface area contributed by atoms with Crippen molar-refractivity contribution in [2.45, 2.75) is 23.5 Å². The van der Waals surface area contributed by atoms with Crippen LogP contribution in [0.3, 0.4) is 0 Å². The summed E-state index contributed by atoms with van der Waals surface area (Å²) in [7, 11) is 3.52. The van der Waals surface area contributed by atoms with Crippen LogP contribution in [0.1, 0.15) is 12.5 Å². The van der Waals surface area contributed by atoms with Gasteiger partial charge in [-0.05, 0) is 25.1 Å². The van der Waals surface area contributed by atoms with Gasteiger partial charge in [0.1, 0.15) is 0 Å². The van der Waals surface area contributed by atoms with Gasteiger partial charge in [-0.2, -0.15) is 0 Å². The summed E-state index contributed by atoms with van der Waals surface area (Å²) in [6.45, 7) is 3.67. The number of hydrogen-bond donors (Lipinski definition) is 0. The van der Waals surface area contributed by atoms with Crippen LogP contribution >= 0.6 is 11.8 Å². The number of carbonyl (C=O) groups is 1. The van der Waals surface area contributed by atoms with Crippen molar-refractivity contribution in [1.29, 1.82) is 0 Å². The van der Waals surface area contributed by atoms with Gasteiger partial charge in [-0.25, -0.2) is 0 Å².